The second-order valence-corrected chi connectivity index (χ2v) is 4.75. The maximum absolute atomic E-state index is 14.1. The maximum Gasteiger partial charge on any atom is 0.358 e. The molecule has 8 heteroatoms. The number of nitrogens with zero attached hydrogens (tertiary/aromatic N) is 1. The SMILES string of the molecule is O=C(O)c1cc(-c2c(F)cc3c(c2Br)OCCO3)on1. The third-order valence-electron chi connectivity index (χ3n) is 2.70. The number of fused-ring (bicyclic) bond motifs is 1. The minimum absolute atomic E-state index is 0.0104. The fourth-order valence-electron chi connectivity index (χ4n) is 1.84. The van der Waals surface area contributed by atoms with Crippen LogP contribution in [0.15, 0.2) is 21.1 Å². The van der Waals surface area contributed by atoms with Crippen LogP contribution < -0.4 is 9.47 Å². The lowest BCUT2D eigenvalue weighted by atomic mass is 10.1. The highest BCUT2D eigenvalue weighted by Gasteiger charge is 2.25. The first-order valence-electron chi connectivity index (χ1n) is 5.56. The molecule has 2 heterocycles. The molecule has 0 atom stereocenters. The van der Waals surface area contributed by atoms with Crippen LogP contribution in [0.5, 0.6) is 11.5 Å². The number of hydrogen-bond donors (Lipinski definition) is 1. The van der Waals surface area contributed by atoms with Crippen LogP contribution in [-0.2, 0) is 0 Å². The molecule has 0 saturated heterocycles. The predicted molar refractivity (Wildman–Crippen MR) is 67.5 cm³/mol. The number of carbonyl (C=O) groups is 1. The monoisotopic (exact) mass is 343 g/mol. The van der Waals surface area contributed by atoms with Crippen LogP contribution >= 0.6 is 15.9 Å². The van der Waals surface area contributed by atoms with Gasteiger partial charge in [0, 0.05) is 12.1 Å². The van der Waals surface area contributed by atoms with Gasteiger partial charge in [0.25, 0.3) is 0 Å². The Morgan fingerprint density at radius 3 is 2.80 bits per heavy atom. The van der Waals surface area contributed by atoms with Crippen LogP contribution in [0.25, 0.3) is 11.3 Å². The average molecular weight is 344 g/mol. The molecule has 0 saturated carbocycles. The highest BCUT2D eigenvalue weighted by Crippen LogP contribution is 2.45. The van der Waals surface area contributed by atoms with E-state index >= 15 is 0 Å². The van der Waals surface area contributed by atoms with Crippen molar-refractivity contribution >= 4 is 21.9 Å². The van der Waals surface area contributed by atoms with Gasteiger partial charge in [-0.15, -0.1) is 0 Å². The Bertz CT molecular complexity index is 699. The predicted octanol–water partition coefficient (Wildman–Crippen LogP) is 2.71. The van der Waals surface area contributed by atoms with Crippen LogP contribution in [0.2, 0.25) is 0 Å². The molecule has 1 aliphatic heterocycles. The molecule has 2 aromatic rings. The van der Waals surface area contributed by atoms with Crippen LogP contribution in [0.4, 0.5) is 4.39 Å². The molecule has 0 aliphatic carbocycles. The third-order valence-corrected chi connectivity index (χ3v) is 3.46. The Morgan fingerprint density at radius 2 is 2.10 bits per heavy atom. The van der Waals surface area contributed by atoms with Gasteiger partial charge in [-0.25, -0.2) is 9.18 Å². The highest BCUT2D eigenvalue weighted by molar-refractivity contribution is 9.10. The number of carboxylic acids is 1. The molecule has 1 aliphatic rings. The molecule has 20 heavy (non-hydrogen) atoms. The first kappa shape index (κ1) is 12.9. The third kappa shape index (κ3) is 2.01. The zero-order valence-electron chi connectivity index (χ0n) is 9.85. The van der Waals surface area contributed by atoms with Gasteiger partial charge in [0.1, 0.15) is 19.0 Å². The molecule has 0 fully saturated rings. The van der Waals surface area contributed by atoms with E-state index in [0.29, 0.717) is 23.4 Å². The molecule has 0 radical (unpaired) electrons. The second-order valence-electron chi connectivity index (χ2n) is 3.95. The topological polar surface area (TPSA) is 81.8 Å². The second kappa shape index (κ2) is 4.78. The summed E-state index contributed by atoms with van der Waals surface area (Å²) in [6, 6.07) is 2.30. The highest BCUT2D eigenvalue weighted by atomic mass is 79.9. The number of aromatic nitrogens is 1. The van der Waals surface area contributed by atoms with Crippen LogP contribution in [0, 0.1) is 5.82 Å². The van der Waals surface area contributed by atoms with Crippen molar-refractivity contribution in [3.8, 4) is 22.8 Å². The lowest BCUT2D eigenvalue weighted by molar-refractivity contribution is 0.0686. The summed E-state index contributed by atoms with van der Waals surface area (Å²) in [5.41, 5.74) is -0.268. The summed E-state index contributed by atoms with van der Waals surface area (Å²) < 4.78 is 30.0. The van der Waals surface area contributed by atoms with Crippen molar-refractivity contribution in [2.75, 3.05) is 13.2 Å². The number of aromatic carboxylic acids is 1. The maximum atomic E-state index is 14.1. The van der Waals surface area contributed by atoms with E-state index in [9.17, 15) is 9.18 Å². The standard InChI is InChI=1S/C12H7BrFNO5/c13-10-9(7-4-6(12(16)17)15-20-7)5(14)3-8-11(10)19-2-1-18-8/h3-4H,1-2H2,(H,16,17). The summed E-state index contributed by atoms with van der Waals surface area (Å²) in [7, 11) is 0. The number of halogens is 2. The molecular formula is C12H7BrFNO5. The summed E-state index contributed by atoms with van der Waals surface area (Å²) in [6.07, 6.45) is 0. The van der Waals surface area contributed by atoms with E-state index in [2.05, 4.69) is 21.1 Å². The number of hydrogen-bond acceptors (Lipinski definition) is 5. The van der Waals surface area contributed by atoms with Crippen molar-refractivity contribution in [1.29, 1.82) is 0 Å². The van der Waals surface area contributed by atoms with Crippen LogP contribution in [0.3, 0.4) is 0 Å². The van der Waals surface area contributed by atoms with Crippen molar-refractivity contribution in [2.24, 2.45) is 0 Å². The zero-order valence-corrected chi connectivity index (χ0v) is 11.4. The molecule has 104 valence electrons. The summed E-state index contributed by atoms with van der Waals surface area (Å²) >= 11 is 3.22. The molecular weight excluding hydrogens is 337 g/mol. The van der Waals surface area contributed by atoms with Crippen molar-refractivity contribution < 1.29 is 28.3 Å². The molecule has 0 unspecified atom stereocenters. The van der Waals surface area contributed by atoms with Gasteiger partial charge in [-0.2, -0.15) is 0 Å². The molecule has 3 rings (SSSR count). The lowest BCUT2D eigenvalue weighted by Gasteiger charge is -2.20. The van der Waals surface area contributed by atoms with E-state index in [1.807, 2.05) is 0 Å². The molecule has 0 spiro atoms. The van der Waals surface area contributed by atoms with Gasteiger partial charge in [0.2, 0.25) is 0 Å². The Kier molecular flexibility index (Phi) is 3.09. The van der Waals surface area contributed by atoms with E-state index in [1.54, 1.807) is 0 Å². The Labute approximate surface area is 120 Å². The lowest BCUT2D eigenvalue weighted by Crippen LogP contribution is -2.16. The first-order valence-corrected chi connectivity index (χ1v) is 6.35. The molecule has 1 aromatic carbocycles. The van der Waals surface area contributed by atoms with Gasteiger partial charge in [-0.1, -0.05) is 5.16 Å². The number of benzene rings is 1. The minimum Gasteiger partial charge on any atom is -0.486 e. The summed E-state index contributed by atoms with van der Waals surface area (Å²) in [6.45, 7) is 0.678. The quantitative estimate of drug-likeness (QED) is 0.902. The van der Waals surface area contributed by atoms with E-state index in [-0.39, 0.29) is 22.8 Å². The molecule has 6 nitrogen and oxygen atoms in total. The summed E-state index contributed by atoms with van der Waals surface area (Å²) in [4.78, 5) is 10.8. The van der Waals surface area contributed by atoms with E-state index < -0.39 is 11.8 Å². The van der Waals surface area contributed by atoms with Gasteiger partial charge in [-0.3, -0.25) is 0 Å². The number of rotatable bonds is 2. The van der Waals surface area contributed by atoms with Crippen molar-refractivity contribution in [1.82, 2.24) is 5.16 Å². The minimum atomic E-state index is -1.26. The van der Waals surface area contributed by atoms with Gasteiger partial charge in [-0.05, 0) is 15.9 Å². The Balaban J connectivity index is 2.15. The first-order chi connectivity index (χ1) is 9.58. The van der Waals surface area contributed by atoms with Crippen LogP contribution in [-0.4, -0.2) is 29.4 Å². The Morgan fingerprint density at radius 1 is 1.35 bits per heavy atom. The normalized spacial score (nSPS) is 13.3. The largest absolute Gasteiger partial charge is 0.486 e. The van der Waals surface area contributed by atoms with E-state index in [4.69, 9.17) is 19.1 Å². The number of ether oxygens (including phenoxy) is 2. The average Bonchev–Trinajstić information content (AvgIpc) is 2.88. The van der Waals surface area contributed by atoms with Crippen molar-refractivity contribution in [3.05, 3.63) is 28.1 Å². The Hall–Kier alpha value is -2.09. The van der Waals surface area contributed by atoms with Crippen molar-refractivity contribution in [2.45, 2.75) is 0 Å². The fraction of sp³-hybridized carbons (Fsp3) is 0.167. The molecule has 0 amide bonds. The summed E-state index contributed by atoms with van der Waals surface area (Å²) in [5, 5.41) is 12.2. The van der Waals surface area contributed by atoms with Gasteiger partial charge >= 0.3 is 5.97 Å². The molecule has 1 N–H and O–H groups in total. The van der Waals surface area contributed by atoms with Gasteiger partial charge in [0.05, 0.1) is 10.0 Å². The zero-order chi connectivity index (χ0) is 14.3. The van der Waals surface area contributed by atoms with Crippen LogP contribution in [0.1, 0.15) is 10.5 Å². The van der Waals surface area contributed by atoms with Crippen molar-refractivity contribution in [3.63, 3.8) is 0 Å². The fourth-order valence-corrected chi connectivity index (χ4v) is 2.53. The molecule has 1 aromatic heterocycles. The summed E-state index contributed by atoms with van der Waals surface area (Å²) in [5.74, 6) is -1.27. The smallest absolute Gasteiger partial charge is 0.358 e. The van der Waals surface area contributed by atoms with Gasteiger partial charge < -0.3 is 19.1 Å². The van der Waals surface area contributed by atoms with Gasteiger partial charge in [0.15, 0.2) is 23.0 Å². The number of carboxylic acid groups (broad SMARTS) is 1. The van der Waals surface area contributed by atoms with E-state index in [1.165, 1.54) is 0 Å². The van der Waals surface area contributed by atoms with E-state index in [0.717, 1.165) is 12.1 Å². The molecule has 0 bridgehead atoms.